The molecule has 1 fully saturated rings. The van der Waals surface area contributed by atoms with Crippen LogP contribution in [-0.4, -0.2) is 40.4 Å². The zero-order valence-electron chi connectivity index (χ0n) is 11.4. The minimum absolute atomic E-state index is 0.0578. The van der Waals surface area contributed by atoms with Gasteiger partial charge >= 0.3 is 17.2 Å². The Balaban J connectivity index is 1.94. The van der Waals surface area contributed by atoms with Crippen LogP contribution in [0.2, 0.25) is 0 Å². The van der Waals surface area contributed by atoms with Gasteiger partial charge in [-0.1, -0.05) is 18.2 Å². The van der Waals surface area contributed by atoms with Crippen molar-refractivity contribution in [3.63, 3.8) is 0 Å². The fraction of sp³-hybridized carbons (Fsp3) is 0.357. The molecule has 0 bridgehead atoms. The minimum atomic E-state index is -0.699. The summed E-state index contributed by atoms with van der Waals surface area (Å²) in [6, 6.07) is 8.98. The zero-order chi connectivity index (χ0) is 14.8. The molecule has 7 nitrogen and oxygen atoms in total. The van der Waals surface area contributed by atoms with Crippen LogP contribution in [0.4, 0.5) is 0 Å². The Kier molecular flexibility index (Phi) is 3.57. The highest BCUT2D eigenvalue weighted by Gasteiger charge is 2.35. The lowest BCUT2D eigenvalue weighted by molar-refractivity contribution is -0.672. The molecule has 0 aliphatic carbocycles. The average Bonchev–Trinajstić information content (AvgIpc) is 2.90. The fourth-order valence-electron chi connectivity index (χ4n) is 2.43. The third-order valence-corrected chi connectivity index (χ3v) is 3.62. The second-order valence-electron chi connectivity index (χ2n) is 5.02. The molecular weight excluding hydrogens is 274 g/mol. The smallest absolute Gasteiger partial charge is 0.393 e. The highest BCUT2D eigenvalue weighted by atomic mass is 16.5. The molecule has 1 aromatic heterocycles. The van der Waals surface area contributed by atoms with Crippen molar-refractivity contribution in [2.24, 2.45) is 0 Å². The number of rotatable bonds is 2. The molecule has 0 unspecified atom stereocenters. The molecule has 1 saturated heterocycles. The zero-order valence-corrected chi connectivity index (χ0v) is 11.4. The lowest BCUT2D eigenvalue weighted by Crippen LogP contribution is -2.48. The Hall–Kier alpha value is -2.41. The van der Waals surface area contributed by atoms with Gasteiger partial charge in [0.25, 0.3) is 0 Å². The molecule has 21 heavy (non-hydrogen) atoms. The number of likely N-dealkylation sites (tertiary alicyclic amines) is 1. The molecule has 1 aliphatic heterocycles. The molecule has 2 N–H and O–H groups in total. The normalized spacial score (nSPS) is 16.1. The van der Waals surface area contributed by atoms with E-state index in [9.17, 15) is 14.7 Å². The number of nitrogens with zero attached hydrogens (tertiary/aromatic N) is 2. The van der Waals surface area contributed by atoms with Gasteiger partial charge < -0.3 is 10.0 Å². The van der Waals surface area contributed by atoms with Gasteiger partial charge in [0.15, 0.2) is 0 Å². The minimum Gasteiger partial charge on any atom is -0.393 e. The molecule has 110 valence electrons. The van der Waals surface area contributed by atoms with E-state index in [1.54, 1.807) is 29.2 Å². The number of aromatic amines is 1. The van der Waals surface area contributed by atoms with E-state index in [4.69, 9.17) is 4.52 Å². The summed E-state index contributed by atoms with van der Waals surface area (Å²) in [6.07, 6.45) is 0.664. The lowest BCUT2D eigenvalue weighted by atomic mass is 10.1. The SMILES string of the molecule is O=C(c1c(=O)o[nH][n+]1-c1ccccc1)N1CCC(O)CC1. The summed E-state index contributed by atoms with van der Waals surface area (Å²) in [5.41, 5.74) is -0.115. The van der Waals surface area contributed by atoms with Crippen LogP contribution in [-0.2, 0) is 0 Å². The molecule has 1 aromatic carbocycles. The predicted molar refractivity (Wildman–Crippen MR) is 72.0 cm³/mol. The van der Waals surface area contributed by atoms with Crippen LogP contribution in [0, 0.1) is 0 Å². The van der Waals surface area contributed by atoms with E-state index in [0.29, 0.717) is 31.6 Å². The topological polar surface area (TPSA) is 90.4 Å². The highest BCUT2D eigenvalue weighted by Crippen LogP contribution is 2.11. The molecule has 1 aliphatic rings. The van der Waals surface area contributed by atoms with Crippen molar-refractivity contribution < 1.29 is 19.1 Å². The summed E-state index contributed by atoms with van der Waals surface area (Å²) in [5, 5.41) is 11.9. The standard InChI is InChI=1S/C14H15N3O4/c18-11-6-8-16(9-7-11)13(19)12-14(20)21-15-17(12)10-4-2-1-3-5-10/h1-5,11,18H,6-9H2/p+1. The van der Waals surface area contributed by atoms with Gasteiger partial charge in [-0.25, -0.2) is 4.79 Å². The maximum absolute atomic E-state index is 12.5. The number of aliphatic hydroxyl groups is 1. The third-order valence-electron chi connectivity index (χ3n) is 3.62. The molecule has 0 saturated carbocycles. The number of para-hydroxylation sites is 1. The lowest BCUT2D eigenvalue weighted by Gasteiger charge is -2.27. The molecule has 0 radical (unpaired) electrons. The highest BCUT2D eigenvalue weighted by molar-refractivity contribution is 5.90. The Bertz CT molecular complexity index is 684. The van der Waals surface area contributed by atoms with Crippen molar-refractivity contribution in [1.29, 1.82) is 0 Å². The van der Waals surface area contributed by atoms with Crippen LogP contribution in [0.25, 0.3) is 5.69 Å². The van der Waals surface area contributed by atoms with Crippen molar-refractivity contribution in [3.8, 4) is 5.69 Å². The van der Waals surface area contributed by atoms with Gasteiger partial charge in [0.1, 0.15) is 0 Å². The molecule has 7 heteroatoms. The van der Waals surface area contributed by atoms with E-state index in [1.807, 2.05) is 6.07 Å². The van der Waals surface area contributed by atoms with Crippen molar-refractivity contribution in [2.45, 2.75) is 18.9 Å². The predicted octanol–water partition coefficient (Wildman–Crippen LogP) is -0.159. The van der Waals surface area contributed by atoms with Gasteiger partial charge in [0.2, 0.25) is 5.69 Å². The van der Waals surface area contributed by atoms with E-state index in [2.05, 4.69) is 5.27 Å². The quantitative estimate of drug-likeness (QED) is 0.752. The molecule has 2 heterocycles. The first kappa shape index (κ1) is 13.6. The van der Waals surface area contributed by atoms with E-state index in [0.717, 1.165) is 0 Å². The van der Waals surface area contributed by atoms with Crippen molar-refractivity contribution in [2.75, 3.05) is 13.1 Å². The summed E-state index contributed by atoms with van der Waals surface area (Å²) in [4.78, 5) is 25.9. The molecule has 0 spiro atoms. The van der Waals surface area contributed by atoms with Gasteiger partial charge in [0, 0.05) is 25.2 Å². The molecule has 1 amide bonds. The summed E-state index contributed by atoms with van der Waals surface area (Å²) in [6.45, 7) is 0.860. The Labute approximate surface area is 120 Å². The Morgan fingerprint density at radius 3 is 2.62 bits per heavy atom. The molecule has 0 atom stereocenters. The van der Waals surface area contributed by atoms with E-state index in [1.165, 1.54) is 4.68 Å². The van der Waals surface area contributed by atoms with E-state index in [-0.39, 0.29) is 17.7 Å². The van der Waals surface area contributed by atoms with Gasteiger partial charge in [-0.05, 0) is 22.8 Å². The fourth-order valence-corrected chi connectivity index (χ4v) is 2.43. The summed E-state index contributed by atoms with van der Waals surface area (Å²) >= 11 is 0. The van der Waals surface area contributed by atoms with Gasteiger partial charge in [-0.2, -0.15) is 0 Å². The second kappa shape index (κ2) is 5.53. The number of hydrogen-bond acceptors (Lipinski definition) is 4. The average molecular weight is 290 g/mol. The van der Waals surface area contributed by atoms with Crippen LogP contribution < -0.4 is 10.3 Å². The number of hydrogen-bond donors (Lipinski definition) is 2. The van der Waals surface area contributed by atoms with Gasteiger partial charge in [0.05, 0.1) is 6.10 Å². The summed E-state index contributed by atoms with van der Waals surface area (Å²) in [5.74, 6) is -0.388. The van der Waals surface area contributed by atoms with Crippen LogP contribution in [0.5, 0.6) is 0 Å². The number of carbonyl (C=O) groups excluding carboxylic acids is 1. The Morgan fingerprint density at radius 1 is 1.29 bits per heavy atom. The Morgan fingerprint density at radius 2 is 1.95 bits per heavy atom. The summed E-state index contributed by atoms with van der Waals surface area (Å²) in [7, 11) is 0. The first-order valence-corrected chi connectivity index (χ1v) is 6.83. The monoisotopic (exact) mass is 290 g/mol. The maximum atomic E-state index is 12.5. The van der Waals surface area contributed by atoms with Crippen molar-refractivity contribution >= 4 is 5.91 Å². The molecule has 3 rings (SSSR count). The van der Waals surface area contributed by atoms with Gasteiger partial charge in [-0.3, -0.25) is 9.32 Å². The van der Waals surface area contributed by atoms with Crippen LogP contribution in [0.3, 0.4) is 0 Å². The van der Waals surface area contributed by atoms with Crippen molar-refractivity contribution in [3.05, 3.63) is 46.4 Å². The van der Waals surface area contributed by atoms with Gasteiger partial charge in [-0.15, -0.1) is 0 Å². The molecular formula is C14H16N3O4+. The first-order valence-electron chi connectivity index (χ1n) is 6.83. The third kappa shape index (κ3) is 2.59. The van der Waals surface area contributed by atoms with Crippen LogP contribution >= 0.6 is 0 Å². The summed E-state index contributed by atoms with van der Waals surface area (Å²) < 4.78 is 6.11. The number of carbonyl (C=O) groups is 1. The number of aromatic nitrogens is 2. The number of amides is 1. The number of nitrogens with one attached hydrogen (secondary N) is 1. The van der Waals surface area contributed by atoms with E-state index < -0.39 is 5.63 Å². The van der Waals surface area contributed by atoms with Crippen LogP contribution in [0.1, 0.15) is 23.3 Å². The number of H-pyrrole nitrogens is 1. The first-order chi connectivity index (χ1) is 10.2. The van der Waals surface area contributed by atoms with E-state index >= 15 is 0 Å². The number of piperidine rings is 1. The second-order valence-corrected chi connectivity index (χ2v) is 5.02. The number of benzene rings is 1. The maximum Gasteiger partial charge on any atom is 0.441 e. The number of aliphatic hydroxyl groups excluding tert-OH is 1. The largest absolute Gasteiger partial charge is 0.441 e. The molecule has 2 aromatic rings. The van der Waals surface area contributed by atoms with Crippen molar-refractivity contribution in [1.82, 2.24) is 10.2 Å². The van der Waals surface area contributed by atoms with Crippen LogP contribution in [0.15, 0.2) is 39.6 Å².